The second-order valence-electron chi connectivity index (χ2n) is 5.64. The second-order valence-corrected chi connectivity index (χ2v) is 5.64. The lowest BCUT2D eigenvalue weighted by Gasteiger charge is -2.32. The zero-order chi connectivity index (χ0) is 14.7. The summed E-state index contributed by atoms with van der Waals surface area (Å²) in [4.78, 5) is 17.1. The van der Waals surface area contributed by atoms with Gasteiger partial charge in [-0.1, -0.05) is 12.1 Å². The second kappa shape index (κ2) is 6.45. The number of benzene rings is 1. The standard InChI is InChI=1S/C16H23N3O2/c1-17-15-5-3-2-4-14(15)16(20)19-7-6-13(12-19)18-8-10-21-11-9-18/h2-5,13,17H,6-12H2,1H3. The summed E-state index contributed by atoms with van der Waals surface area (Å²) < 4.78 is 5.40. The zero-order valence-electron chi connectivity index (χ0n) is 12.5. The maximum absolute atomic E-state index is 12.7. The number of morpholine rings is 1. The maximum atomic E-state index is 12.7. The summed E-state index contributed by atoms with van der Waals surface area (Å²) >= 11 is 0. The Bertz CT molecular complexity index is 500. The van der Waals surface area contributed by atoms with Gasteiger partial charge in [0.05, 0.1) is 18.8 Å². The SMILES string of the molecule is CNc1ccccc1C(=O)N1CCC(N2CCOCC2)C1. The number of amides is 1. The quantitative estimate of drug-likeness (QED) is 0.910. The van der Waals surface area contributed by atoms with Gasteiger partial charge in [0.25, 0.3) is 5.91 Å². The summed E-state index contributed by atoms with van der Waals surface area (Å²) in [7, 11) is 1.85. The van der Waals surface area contributed by atoms with Crippen molar-refractivity contribution in [3.63, 3.8) is 0 Å². The molecule has 2 heterocycles. The molecule has 0 aromatic heterocycles. The van der Waals surface area contributed by atoms with Gasteiger partial charge in [0.2, 0.25) is 0 Å². The van der Waals surface area contributed by atoms with Crippen molar-refractivity contribution in [3.05, 3.63) is 29.8 Å². The van der Waals surface area contributed by atoms with Crippen LogP contribution in [0, 0.1) is 0 Å². The molecule has 1 aromatic carbocycles. The van der Waals surface area contributed by atoms with Crippen LogP contribution in [-0.2, 0) is 4.74 Å². The zero-order valence-corrected chi connectivity index (χ0v) is 12.5. The van der Waals surface area contributed by atoms with Gasteiger partial charge < -0.3 is 15.0 Å². The molecule has 2 fully saturated rings. The molecule has 5 nitrogen and oxygen atoms in total. The van der Waals surface area contributed by atoms with Crippen LogP contribution in [0.2, 0.25) is 0 Å². The van der Waals surface area contributed by atoms with E-state index in [9.17, 15) is 4.79 Å². The van der Waals surface area contributed by atoms with Crippen LogP contribution in [0.15, 0.2) is 24.3 Å². The van der Waals surface area contributed by atoms with Crippen molar-refractivity contribution >= 4 is 11.6 Å². The van der Waals surface area contributed by atoms with Gasteiger partial charge in [0.15, 0.2) is 0 Å². The molecule has 1 amide bonds. The minimum atomic E-state index is 0.135. The van der Waals surface area contributed by atoms with E-state index in [2.05, 4.69) is 10.2 Å². The number of anilines is 1. The third-order valence-corrected chi connectivity index (χ3v) is 4.44. The van der Waals surface area contributed by atoms with E-state index in [1.807, 2.05) is 36.2 Å². The van der Waals surface area contributed by atoms with E-state index >= 15 is 0 Å². The largest absolute Gasteiger partial charge is 0.387 e. The minimum absolute atomic E-state index is 0.135. The molecular formula is C16H23N3O2. The number of ether oxygens (including phenoxy) is 1. The van der Waals surface area contributed by atoms with Gasteiger partial charge in [-0.25, -0.2) is 0 Å². The van der Waals surface area contributed by atoms with E-state index in [4.69, 9.17) is 4.74 Å². The summed E-state index contributed by atoms with van der Waals surface area (Å²) in [6.45, 7) is 5.27. The smallest absolute Gasteiger partial charge is 0.256 e. The minimum Gasteiger partial charge on any atom is -0.387 e. The van der Waals surface area contributed by atoms with E-state index in [0.29, 0.717) is 6.04 Å². The van der Waals surface area contributed by atoms with E-state index in [1.54, 1.807) is 0 Å². The van der Waals surface area contributed by atoms with E-state index in [-0.39, 0.29) is 5.91 Å². The first kappa shape index (κ1) is 14.4. The number of para-hydroxylation sites is 1. The van der Waals surface area contributed by atoms with Crippen molar-refractivity contribution < 1.29 is 9.53 Å². The van der Waals surface area contributed by atoms with Crippen molar-refractivity contribution in [2.75, 3.05) is 51.8 Å². The number of rotatable bonds is 3. The lowest BCUT2D eigenvalue weighted by Crippen LogP contribution is -2.45. The Morgan fingerprint density at radius 1 is 1.24 bits per heavy atom. The molecule has 0 spiro atoms. The molecule has 2 aliphatic heterocycles. The van der Waals surface area contributed by atoms with E-state index in [1.165, 1.54) is 0 Å². The van der Waals surface area contributed by atoms with Crippen LogP contribution in [0.1, 0.15) is 16.8 Å². The molecule has 3 rings (SSSR count). The number of carbonyl (C=O) groups is 1. The van der Waals surface area contributed by atoms with Crippen LogP contribution in [0.25, 0.3) is 0 Å². The number of likely N-dealkylation sites (tertiary alicyclic amines) is 1. The Morgan fingerprint density at radius 3 is 2.76 bits per heavy atom. The van der Waals surface area contributed by atoms with Crippen molar-refractivity contribution in [1.29, 1.82) is 0 Å². The predicted molar refractivity (Wildman–Crippen MR) is 82.7 cm³/mol. The van der Waals surface area contributed by atoms with Crippen molar-refractivity contribution in [2.24, 2.45) is 0 Å². The van der Waals surface area contributed by atoms with Crippen molar-refractivity contribution in [1.82, 2.24) is 9.80 Å². The molecule has 1 aromatic rings. The van der Waals surface area contributed by atoms with Gasteiger partial charge in [-0.2, -0.15) is 0 Å². The topological polar surface area (TPSA) is 44.8 Å². The van der Waals surface area contributed by atoms with Gasteiger partial charge in [-0.15, -0.1) is 0 Å². The van der Waals surface area contributed by atoms with Crippen molar-refractivity contribution in [3.8, 4) is 0 Å². The molecule has 0 radical (unpaired) electrons. The third-order valence-electron chi connectivity index (χ3n) is 4.44. The van der Waals surface area contributed by atoms with Crippen LogP contribution in [0.3, 0.4) is 0 Å². The van der Waals surface area contributed by atoms with Crippen LogP contribution in [0.4, 0.5) is 5.69 Å². The summed E-state index contributed by atoms with van der Waals surface area (Å²) in [5.41, 5.74) is 1.67. The van der Waals surface area contributed by atoms with Crippen molar-refractivity contribution in [2.45, 2.75) is 12.5 Å². The number of hydrogen-bond acceptors (Lipinski definition) is 4. The summed E-state index contributed by atoms with van der Waals surface area (Å²) in [6, 6.07) is 8.20. The van der Waals surface area contributed by atoms with E-state index in [0.717, 1.165) is 57.1 Å². The first-order valence-electron chi connectivity index (χ1n) is 7.67. The maximum Gasteiger partial charge on any atom is 0.256 e. The van der Waals surface area contributed by atoms with Gasteiger partial charge in [0.1, 0.15) is 0 Å². The van der Waals surface area contributed by atoms with Gasteiger partial charge in [0, 0.05) is 45.0 Å². The molecule has 2 aliphatic rings. The molecule has 114 valence electrons. The molecule has 0 saturated carbocycles. The fourth-order valence-electron chi connectivity index (χ4n) is 3.22. The molecule has 1 unspecified atom stereocenters. The first-order chi connectivity index (χ1) is 10.3. The number of nitrogens with zero attached hydrogens (tertiary/aromatic N) is 2. The van der Waals surface area contributed by atoms with Gasteiger partial charge >= 0.3 is 0 Å². The average Bonchev–Trinajstić information content (AvgIpc) is 3.05. The highest BCUT2D eigenvalue weighted by atomic mass is 16.5. The summed E-state index contributed by atoms with van der Waals surface area (Å²) in [5.74, 6) is 0.135. The molecule has 2 saturated heterocycles. The molecule has 5 heteroatoms. The third kappa shape index (κ3) is 3.04. The monoisotopic (exact) mass is 289 g/mol. The average molecular weight is 289 g/mol. The lowest BCUT2D eigenvalue weighted by atomic mass is 10.1. The Kier molecular flexibility index (Phi) is 4.41. The molecule has 0 aliphatic carbocycles. The van der Waals surface area contributed by atoms with E-state index < -0.39 is 0 Å². The normalized spacial score (nSPS) is 23.3. The lowest BCUT2D eigenvalue weighted by molar-refractivity contribution is 0.0185. The summed E-state index contributed by atoms with van der Waals surface area (Å²) in [5, 5.41) is 3.10. The highest BCUT2D eigenvalue weighted by Gasteiger charge is 2.32. The molecular weight excluding hydrogens is 266 g/mol. The Labute approximate surface area is 125 Å². The predicted octanol–water partition coefficient (Wildman–Crippen LogP) is 1.27. The Hall–Kier alpha value is -1.59. The first-order valence-corrected chi connectivity index (χ1v) is 7.67. The highest BCUT2D eigenvalue weighted by molar-refractivity contribution is 5.99. The van der Waals surface area contributed by atoms with Gasteiger partial charge in [-0.3, -0.25) is 9.69 Å². The molecule has 21 heavy (non-hydrogen) atoms. The number of hydrogen-bond donors (Lipinski definition) is 1. The van der Waals surface area contributed by atoms with Crippen LogP contribution in [0.5, 0.6) is 0 Å². The molecule has 0 bridgehead atoms. The Balaban J connectivity index is 1.66. The fraction of sp³-hybridized carbons (Fsp3) is 0.562. The number of nitrogens with one attached hydrogen (secondary N) is 1. The fourth-order valence-corrected chi connectivity index (χ4v) is 3.22. The molecule has 1 atom stereocenters. The number of carbonyl (C=O) groups excluding carboxylic acids is 1. The van der Waals surface area contributed by atoms with Crippen LogP contribution < -0.4 is 5.32 Å². The van der Waals surface area contributed by atoms with Crippen LogP contribution in [-0.4, -0.2) is 68.2 Å². The van der Waals surface area contributed by atoms with Crippen LogP contribution >= 0.6 is 0 Å². The highest BCUT2D eigenvalue weighted by Crippen LogP contribution is 2.22. The molecule has 1 N–H and O–H groups in total. The Morgan fingerprint density at radius 2 is 2.00 bits per heavy atom. The summed E-state index contributed by atoms with van der Waals surface area (Å²) in [6.07, 6.45) is 1.06. The van der Waals surface area contributed by atoms with Gasteiger partial charge in [-0.05, 0) is 18.6 Å².